The maximum absolute atomic E-state index is 12.2. The highest BCUT2D eigenvalue weighted by Gasteiger charge is 2.18. The number of anilines is 2. The minimum absolute atomic E-state index is 0.0472. The molecule has 4 heterocycles. The third kappa shape index (κ3) is 14.0. The molecule has 0 saturated heterocycles. The molecule has 6 N–H and O–H groups in total. The Kier molecular flexibility index (Phi) is 18.1. The number of ether oxygens (including phenoxy) is 7. The van der Waals surface area contributed by atoms with Gasteiger partial charge in [-0.05, 0) is 31.0 Å². The number of nitrogens with one attached hydrogen (secondary N) is 1. The zero-order chi connectivity index (χ0) is 39.2. The number of aromatic nitrogens is 8. The van der Waals surface area contributed by atoms with Gasteiger partial charge in [0.25, 0.3) is 6.01 Å². The fourth-order valence-corrected chi connectivity index (χ4v) is 5.31. The molecule has 1 aromatic carbocycles. The zero-order valence-corrected chi connectivity index (χ0v) is 31.4. The molecule has 306 valence electrons. The number of carbonyl (C=O) groups is 1. The molecule has 4 aromatic heterocycles. The molecule has 0 unspecified atom stereocenters. The molecular weight excluding hydrogens is 734 g/mol. The Morgan fingerprint density at radius 2 is 1.45 bits per heavy atom. The SMILES string of the molecule is Nc1nc2cc(-c3nn(CCCCNC(=O)COCCOCCOCCOCCOCCOCCOCCn4cc(CO)nn4)c4ncnc(N)c34)ccc2o1. The maximum Gasteiger partial charge on any atom is 0.292 e. The standard InChI is InChI=1S/C35H51N11O10/c36-33-31-32(26-3-4-29-28(21-26)41-35(37)56-29)43-46(34(31)40-25-39-33)6-2-1-5-38-30(48)24-55-20-19-54-18-17-53-16-15-52-14-13-51-12-11-50-10-9-49-8-7-45-22-27(23-47)42-44-45/h3-4,21-22,25,47H,1-2,5-20,23-24H2,(H2,37,41)(H,38,48)(H2,36,39,40). The predicted octanol–water partition coefficient (Wildman–Crippen LogP) is 0.596. The van der Waals surface area contributed by atoms with Gasteiger partial charge in [-0.15, -0.1) is 5.10 Å². The second-order valence-electron chi connectivity index (χ2n) is 12.2. The number of nitrogens with zero attached hydrogens (tertiary/aromatic N) is 8. The average Bonchev–Trinajstić information content (AvgIpc) is 3.93. The summed E-state index contributed by atoms with van der Waals surface area (Å²) < 4.78 is 47.1. The molecule has 56 heavy (non-hydrogen) atoms. The van der Waals surface area contributed by atoms with Gasteiger partial charge in [-0.2, -0.15) is 10.1 Å². The number of carbonyl (C=O) groups excluding carboxylic acids is 1. The van der Waals surface area contributed by atoms with E-state index in [9.17, 15) is 4.79 Å². The highest BCUT2D eigenvalue weighted by atomic mass is 16.6. The number of aryl methyl sites for hydroxylation is 1. The van der Waals surface area contributed by atoms with Crippen LogP contribution in [-0.4, -0.2) is 150 Å². The van der Waals surface area contributed by atoms with Gasteiger partial charge in [0.1, 0.15) is 35.7 Å². The van der Waals surface area contributed by atoms with Crippen LogP contribution in [0.2, 0.25) is 0 Å². The molecule has 0 radical (unpaired) electrons. The molecule has 0 bridgehead atoms. The van der Waals surface area contributed by atoms with Crippen molar-refractivity contribution in [3.05, 3.63) is 36.4 Å². The van der Waals surface area contributed by atoms with Crippen LogP contribution in [0.25, 0.3) is 33.4 Å². The number of unbranched alkanes of at least 4 members (excludes halogenated alkanes) is 1. The molecule has 0 saturated carbocycles. The van der Waals surface area contributed by atoms with Crippen LogP contribution in [-0.2, 0) is 57.6 Å². The van der Waals surface area contributed by atoms with Crippen molar-refractivity contribution in [3.8, 4) is 11.3 Å². The first-order chi connectivity index (χ1) is 27.5. The molecule has 0 aliphatic heterocycles. The van der Waals surface area contributed by atoms with Gasteiger partial charge in [0.05, 0.1) is 111 Å². The molecule has 0 aliphatic rings. The van der Waals surface area contributed by atoms with Gasteiger partial charge in [-0.3, -0.25) is 4.79 Å². The number of amides is 1. The second kappa shape index (κ2) is 23.9. The molecule has 21 nitrogen and oxygen atoms in total. The number of aliphatic hydroxyl groups excluding tert-OH is 1. The van der Waals surface area contributed by atoms with Crippen LogP contribution in [0.15, 0.2) is 35.1 Å². The van der Waals surface area contributed by atoms with Crippen molar-refractivity contribution in [2.75, 3.05) is 111 Å². The van der Waals surface area contributed by atoms with Crippen LogP contribution in [0.3, 0.4) is 0 Å². The van der Waals surface area contributed by atoms with Crippen molar-refractivity contribution in [3.63, 3.8) is 0 Å². The summed E-state index contributed by atoms with van der Waals surface area (Å²) in [5, 5.41) is 25.0. The Labute approximate surface area is 322 Å². The molecule has 0 aliphatic carbocycles. The lowest BCUT2D eigenvalue weighted by Gasteiger charge is -2.09. The summed E-state index contributed by atoms with van der Waals surface area (Å²) in [6, 6.07) is 5.58. The number of benzene rings is 1. The summed E-state index contributed by atoms with van der Waals surface area (Å²) in [5.41, 5.74) is 15.7. The molecule has 5 aromatic rings. The molecule has 5 rings (SSSR count). The van der Waals surface area contributed by atoms with Gasteiger partial charge >= 0.3 is 0 Å². The van der Waals surface area contributed by atoms with E-state index in [4.69, 9.17) is 59.2 Å². The number of nitrogen functional groups attached to an aromatic ring is 2. The zero-order valence-electron chi connectivity index (χ0n) is 31.4. The van der Waals surface area contributed by atoms with Gasteiger partial charge in [0, 0.05) is 18.7 Å². The van der Waals surface area contributed by atoms with Gasteiger partial charge in [0.15, 0.2) is 11.2 Å². The highest BCUT2D eigenvalue weighted by molar-refractivity contribution is 5.99. The number of oxazole rings is 1. The van der Waals surface area contributed by atoms with E-state index in [1.807, 2.05) is 12.1 Å². The van der Waals surface area contributed by atoms with Crippen molar-refractivity contribution in [2.45, 2.75) is 32.5 Å². The van der Waals surface area contributed by atoms with Crippen LogP contribution in [0.4, 0.5) is 11.8 Å². The largest absolute Gasteiger partial charge is 0.424 e. The van der Waals surface area contributed by atoms with Crippen LogP contribution in [0, 0.1) is 0 Å². The summed E-state index contributed by atoms with van der Waals surface area (Å²) in [5.74, 6) is 0.137. The predicted molar refractivity (Wildman–Crippen MR) is 201 cm³/mol. The number of hydrogen-bond acceptors (Lipinski definition) is 18. The highest BCUT2D eigenvalue weighted by Crippen LogP contribution is 2.32. The van der Waals surface area contributed by atoms with Crippen LogP contribution in [0.1, 0.15) is 18.5 Å². The number of fused-ring (bicyclic) bond motifs is 2. The van der Waals surface area contributed by atoms with Crippen molar-refractivity contribution < 1.29 is 47.5 Å². The van der Waals surface area contributed by atoms with E-state index in [2.05, 4.69) is 30.6 Å². The third-order valence-electron chi connectivity index (χ3n) is 8.03. The summed E-state index contributed by atoms with van der Waals surface area (Å²) >= 11 is 0. The monoisotopic (exact) mass is 785 g/mol. The fourth-order valence-electron chi connectivity index (χ4n) is 5.31. The molecule has 1 amide bonds. The van der Waals surface area contributed by atoms with Crippen molar-refractivity contribution in [1.29, 1.82) is 0 Å². The van der Waals surface area contributed by atoms with Gasteiger partial charge < -0.3 is 59.5 Å². The summed E-state index contributed by atoms with van der Waals surface area (Å²) in [7, 11) is 0. The number of hydrogen-bond donors (Lipinski definition) is 4. The Bertz CT molecular complexity index is 1890. The van der Waals surface area contributed by atoms with E-state index in [0.29, 0.717) is 145 Å². The van der Waals surface area contributed by atoms with E-state index in [-0.39, 0.29) is 25.1 Å². The van der Waals surface area contributed by atoms with Crippen LogP contribution < -0.4 is 16.8 Å². The smallest absolute Gasteiger partial charge is 0.292 e. The first-order valence-electron chi connectivity index (χ1n) is 18.5. The quantitative estimate of drug-likeness (QED) is 0.0464. The fraction of sp³-hybridized carbons (Fsp3) is 0.571. The summed E-state index contributed by atoms with van der Waals surface area (Å²) in [6.45, 7) is 7.13. The Morgan fingerprint density at radius 1 is 0.804 bits per heavy atom. The van der Waals surface area contributed by atoms with E-state index in [1.54, 1.807) is 21.6 Å². The van der Waals surface area contributed by atoms with Crippen molar-refractivity contribution in [1.82, 2.24) is 45.0 Å². The van der Waals surface area contributed by atoms with Crippen LogP contribution >= 0.6 is 0 Å². The Morgan fingerprint density at radius 3 is 2.09 bits per heavy atom. The van der Waals surface area contributed by atoms with E-state index < -0.39 is 0 Å². The molecule has 0 spiro atoms. The van der Waals surface area contributed by atoms with E-state index in [1.165, 1.54) is 6.33 Å². The van der Waals surface area contributed by atoms with E-state index >= 15 is 0 Å². The summed E-state index contributed by atoms with van der Waals surface area (Å²) in [4.78, 5) is 25.0. The molecule has 21 heteroatoms. The molecular formula is C35H51N11O10. The number of nitrogens with two attached hydrogens (primary N) is 2. The first-order valence-corrected chi connectivity index (χ1v) is 18.5. The van der Waals surface area contributed by atoms with Crippen molar-refractivity contribution in [2.24, 2.45) is 0 Å². The molecule has 0 fully saturated rings. The van der Waals surface area contributed by atoms with Gasteiger partial charge in [-0.1, -0.05) is 5.21 Å². The first kappa shape index (κ1) is 42.3. The summed E-state index contributed by atoms with van der Waals surface area (Å²) in [6.07, 6.45) is 4.57. The maximum atomic E-state index is 12.2. The van der Waals surface area contributed by atoms with Crippen LogP contribution in [0.5, 0.6) is 0 Å². The lowest BCUT2D eigenvalue weighted by atomic mass is 10.1. The van der Waals surface area contributed by atoms with Gasteiger partial charge in [0.2, 0.25) is 5.91 Å². The van der Waals surface area contributed by atoms with Crippen molar-refractivity contribution >= 4 is 39.9 Å². The Hall–Kier alpha value is -4.87. The van der Waals surface area contributed by atoms with E-state index in [0.717, 1.165) is 18.4 Å². The minimum Gasteiger partial charge on any atom is -0.424 e. The second-order valence-corrected chi connectivity index (χ2v) is 12.2. The number of aliphatic hydroxyl groups is 1. The average molecular weight is 786 g/mol. The number of rotatable bonds is 30. The van der Waals surface area contributed by atoms with Gasteiger partial charge in [-0.25, -0.2) is 19.3 Å². The minimum atomic E-state index is -0.194. The third-order valence-corrected chi connectivity index (χ3v) is 8.03. The lowest BCUT2D eigenvalue weighted by molar-refractivity contribution is -0.126. The molecule has 0 atom stereocenters. The lowest BCUT2D eigenvalue weighted by Crippen LogP contribution is -2.29. The normalized spacial score (nSPS) is 11.7. The Balaban J connectivity index is 0.783. The topological polar surface area (TPSA) is 266 Å².